The van der Waals surface area contributed by atoms with Gasteiger partial charge >= 0.3 is 0 Å². The Bertz CT molecular complexity index is 567. The highest BCUT2D eigenvalue weighted by Gasteiger charge is 2.08. The lowest BCUT2D eigenvalue weighted by Gasteiger charge is -2.13. The fraction of sp³-hybridized carbons (Fsp3) is 0.250. The average molecular weight is 277 g/mol. The molecule has 2 rings (SSSR count). The van der Waals surface area contributed by atoms with Gasteiger partial charge in [-0.3, -0.25) is 0 Å². The van der Waals surface area contributed by atoms with E-state index in [-0.39, 0.29) is 17.7 Å². The number of halogens is 2. The summed E-state index contributed by atoms with van der Waals surface area (Å²) in [6.07, 6.45) is 0.538. The van der Waals surface area contributed by atoms with E-state index in [9.17, 15) is 8.78 Å². The molecule has 0 saturated carbocycles. The van der Waals surface area contributed by atoms with E-state index in [0.29, 0.717) is 18.8 Å². The highest BCUT2D eigenvalue weighted by molar-refractivity contribution is 5.35. The molecule has 1 unspecified atom stereocenters. The number of rotatable bonds is 5. The molecular formula is C16H17F2NO. The summed E-state index contributed by atoms with van der Waals surface area (Å²) in [6, 6.07) is 10.4. The Labute approximate surface area is 117 Å². The van der Waals surface area contributed by atoms with E-state index in [1.54, 1.807) is 18.2 Å². The van der Waals surface area contributed by atoms with Gasteiger partial charge in [-0.25, -0.2) is 8.78 Å². The first-order valence-corrected chi connectivity index (χ1v) is 6.46. The molecule has 0 saturated heterocycles. The molecule has 4 heteroatoms. The summed E-state index contributed by atoms with van der Waals surface area (Å²) in [5.74, 6) is 0.0102. The Morgan fingerprint density at radius 1 is 1.05 bits per heavy atom. The van der Waals surface area contributed by atoms with Crippen LogP contribution in [-0.2, 0) is 13.0 Å². The Balaban J connectivity index is 2.10. The monoisotopic (exact) mass is 277 g/mol. The molecule has 0 amide bonds. The van der Waals surface area contributed by atoms with Crippen molar-refractivity contribution in [3.63, 3.8) is 0 Å². The molecule has 2 aromatic rings. The van der Waals surface area contributed by atoms with Gasteiger partial charge in [-0.1, -0.05) is 12.1 Å². The van der Waals surface area contributed by atoms with E-state index in [1.165, 1.54) is 24.3 Å². The third-order valence-electron chi connectivity index (χ3n) is 2.87. The molecule has 0 bridgehead atoms. The third-order valence-corrected chi connectivity index (χ3v) is 2.87. The lowest BCUT2D eigenvalue weighted by Crippen LogP contribution is -2.18. The zero-order chi connectivity index (χ0) is 14.5. The Hall–Kier alpha value is -1.94. The smallest absolute Gasteiger partial charge is 0.123 e. The van der Waals surface area contributed by atoms with Gasteiger partial charge in [0.05, 0.1) is 0 Å². The largest absolute Gasteiger partial charge is 0.489 e. The van der Waals surface area contributed by atoms with Crippen molar-refractivity contribution in [1.82, 2.24) is 0 Å². The summed E-state index contributed by atoms with van der Waals surface area (Å²) in [5.41, 5.74) is 7.34. The van der Waals surface area contributed by atoms with Crippen molar-refractivity contribution in [2.75, 3.05) is 0 Å². The topological polar surface area (TPSA) is 35.2 Å². The van der Waals surface area contributed by atoms with Crippen molar-refractivity contribution in [2.45, 2.75) is 26.0 Å². The first-order chi connectivity index (χ1) is 9.54. The van der Waals surface area contributed by atoms with E-state index >= 15 is 0 Å². The van der Waals surface area contributed by atoms with E-state index < -0.39 is 0 Å². The van der Waals surface area contributed by atoms with Gasteiger partial charge in [0.25, 0.3) is 0 Å². The summed E-state index contributed by atoms with van der Waals surface area (Å²) in [7, 11) is 0. The lowest BCUT2D eigenvalue weighted by molar-refractivity contribution is 0.301. The molecule has 0 aromatic heterocycles. The van der Waals surface area contributed by atoms with Gasteiger partial charge in [-0.15, -0.1) is 0 Å². The minimum Gasteiger partial charge on any atom is -0.489 e. The van der Waals surface area contributed by atoms with Crippen LogP contribution in [0.4, 0.5) is 8.78 Å². The average Bonchev–Trinajstić information content (AvgIpc) is 2.39. The van der Waals surface area contributed by atoms with Gasteiger partial charge in [0.15, 0.2) is 0 Å². The second-order valence-electron chi connectivity index (χ2n) is 4.85. The van der Waals surface area contributed by atoms with E-state index in [2.05, 4.69) is 0 Å². The van der Waals surface area contributed by atoms with Crippen molar-refractivity contribution in [2.24, 2.45) is 5.73 Å². The third kappa shape index (κ3) is 4.03. The quantitative estimate of drug-likeness (QED) is 0.908. The molecule has 0 fully saturated rings. The molecule has 2 nitrogen and oxygen atoms in total. The van der Waals surface area contributed by atoms with Crippen LogP contribution in [-0.4, -0.2) is 6.04 Å². The molecule has 0 heterocycles. The SMILES string of the molecule is CC(N)Cc1cc(F)ccc1OCc1ccc(F)cc1. The zero-order valence-corrected chi connectivity index (χ0v) is 11.3. The molecule has 0 spiro atoms. The normalized spacial score (nSPS) is 12.2. The van der Waals surface area contributed by atoms with E-state index in [1.807, 2.05) is 6.92 Å². The molecule has 2 aromatic carbocycles. The van der Waals surface area contributed by atoms with Gasteiger partial charge in [-0.05, 0) is 54.8 Å². The number of ether oxygens (including phenoxy) is 1. The van der Waals surface area contributed by atoms with Gasteiger partial charge in [0.2, 0.25) is 0 Å². The molecule has 0 aliphatic rings. The van der Waals surface area contributed by atoms with Crippen molar-refractivity contribution in [3.8, 4) is 5.75 Å². The second-order valence-corrected chi connectivity index (χ2v) is 4.85. The molecular weight excluding hydrogens is 260 g/mol. The Kier molecular flexibility index (Phi) is 4.69. The van der Waals surface area contributed by atoms with Crippen LogP contribution in [0.2, 0.25) is 0 Å². The summed E-state index contributed by atoms with van der Waals surface area (Å²) < 4.78 is 31.7. The highest BCUT2D eigenvalue weighted by atomic mass is 19.1. The molecule has 0 aliphatic heterocycles. The first-order valence-electron chi connectivity index (χ1n) is 6.46. The zero-order valence-electron chi connectivity index (χ0n) is 11.3. The highest BCUT2D eigenvalue weighted by Crippen LogP contribution is 2.22. The van der Waals surface area contributed by atoms with Gasteiger partial charge in [0.1, 0.15) is 24.0 Å². The van der Waals surface area contributed by atoms with Crippen molar-refractivity contribution < 1.29 is 13.5 Å². The van der Waals surface area contributed by atoms with E-state index in [4.69, 9.17) is 10.5 Å². The second kappa shape index (κ2) is 6.48. The molecule has 1 atom stereocenters. The van der Waals surface area contributed by atoms with Crippen LogP contribution in [0.5, 0.6) is 5.75 Å². The van der Waals surface area contributed by atoms with Crippen LogP contribution in [0, 0.1) is 11.6 Å². The van der Waals surface area contributed by atoms with E-state index in [0.717, 1.165) is 11.1 Å². The van der Waals surface area contributed by atoms with Gasteiger partial charge < -0.3 is 10.5 Å². The maximum absolute atomic E-state index is 13.3. The lowest BCUT2D eigenvalue weighted by atomic mass is 10.1. The Morgan fingerprint density at radius 3 is 2.35 bits per heavy atom. The number of hydrogen-bond acceptors (Lipinski definition) is 2. The van der Waals surface area contributed by atoms with Crippen molar-refractivity contribution in [3.05, 3.63) is 65.2 Å². The molecule has 106 valence electrons. The van der Waals surface area contributed by atoms with Crippen LogP contribution in [0.25, 0.3) is 0 Å². The number of benzene rings is 2. The summed E-state index contributed by atoms with van der Waals surface area (Å²) in [6.45, 7) is 2.16. The standard InChI is InChI=1S/C16H17F2NO/c1-11(19)8-13-9-15(18)6-7-16(13)20-10-12-2-4-14(17)5-3-12/h2-7,9,11H,8,10,19H2,1H3. The molecule has 0 aliphatic carbocycles. The number of nitrogens with two attached hydrogens (primary N) is 1. The summed E-state index contributed by atoms with van der Waals surface area (Å²) in [4.78, 5) is 0. The minimum absolute atomic E-state index is 0.0787. The molecule has 2 N–H and O–H groups in total. The predicted octanol–water partition coefficient (Wildman–Crippen LogP) is 3.43. The van der Waals surface area contributed by atoms with Crippen LogP contribution >= 0.6 is 0 Å². The van der Waals surface area contributed by atoms with Crippen molar-refractivity contribution in [1.29, 1.82) is 0 Å². The predicted molar refractivity (Wildman–Crippen MR) is 74.5 cm³/mol. The van der Waals surface area contributed by atoms with Crippen LogP contribution in [0.3, 0.4) is 0 Å². The van der Waals surface area contributed by atoms with Crippen molar-refractivity contribution >= 4 is 0 Å². The van der Waals surface area contributed by atoms with Crippen LogP contribution in [0.1, 0.15) is 18.1 Å². The fourth-order valence-corrected chi connectivity index (χ4v) is 1.94. The maximum Gasteiger partial charge on any atom is 0.123 e. The van der Waals surface area contributed by atoms with Gasteiger partial charge in [0, 0.05) is 6.04 Å². The summed E-state index contributed by atoms with van der Waals surface area (Å²) in [5, 5.41) is 0. The fourth-order valence-electron chi connectivity index (χ4n) is 1.94. The maximum atomic E-state index is 13.3. The Morgan fingerprint density at radius 2 is 1.70 bits per heavy atom. The van der Waals surface area contributed by atoms with Crippen LogP contribution in [0.15, 0.2) is 42.5 Å². The first kappa shape index (κ1) is 14.5. The molecule has 0 radical (unpaired) electrons. The van der Waals surface area contributed by atoms with Gasteiger partial charge in [-0.2, -0.15) is 0 Å². The molecule has 20 heavy (non-hydrogen) atoms. The van der Waals surface area contributed by atoms with Crippen LogP contribution < -0.4 is 10.5 Å². The summed E-state index contributed by atoms with van der Waals surface area (Å²) >= 11 is 0. The minimum atomic E-state index is -0.310. The number of hydrogen-bond donors (Lipinski definition) is 1.